The van der Waals surface area contributed by atoms with Gasteiger partial charge in [-0.15, -0.1) is 0 Å². The average Bonchev–Trinajstić information content (AvgIpc) is 3.10. The maximum Gasteiger partial charge on any atom is 0.192 e. The molecule has 0 spiro atoms. The quantitative estimate of drug-likeness (QED) is 0.302. The highest BCUT2D eigenvalue weighted by Gasteiger charge is 2.50. The van der Waals surface area contributed by atoms with E-state index in [1.54, 1.807) is 5.57 Å². The minimum atomic E-state index is -1.73. The molecule has 0 aromatic rings. The summed E-state index contributed by atoms with van der Waals surface area (Å²) in [5, 5.41) is 0.269. The molecule has 5 atom stereocenters. The zero-order valence-electron chi connectivity index (χ0n) is 24.9. The maximum absolute atomic E-state index is 6.82. The van der Waals surface area contributed by atoms with E-state index in [-0.39, 0.29) is 5.04 Å². The average molecular weight is 499 g/mol. The summed E-state index contributed by atoms with van der Waals surface area (Å²) in [7, 11) is -1.73. The lowest BCUT2D eigenvalue weighted by atomic mass is 9.60. The van der Waals surface area contributed by atoms with Crippen molar-refractivity contribution in [2.75, 3.05) is 0 Å². The molecule has 0 N–H and O–H groups in total. The van der Waals surface area contributed by atoms with Gasteiger partial charge in [0.15, 0.2) is 8.32 Å². The van der Waals surface area contributed by atoms with Crippen molar-refractivity contribution in [1.82, 2.24) is 0 Å². The van der Waals surface area contributed by atoms with Crippen LogP contribution in [0.2, 0.25) is 18.1 Å². The van der Waals surface area contributed by atoms with Crippen LogP contribution in [0.3, 0.4) is 0 Å². The SMILES string of the molecule is C=C1CC[C@H](O[Si](C)(C)C(C)(C)C)C/C1=C\C=C1\CCC[C@]2(C)[C@@H]([C@H](C)CCCC(C)C)CC[C@@H]12. The second-order valence-corrected chi connectivity index (χ2v) is 19.4. The minimum absolute atomic E-state index is 0.269. The number of hydrogen-bond donors (Lipinski definition) is 0. The second kappa shape index (κ2) is 11.4. The number of hydrogen-bond acceptors (Lipinski definition) is 1. The third-order valence-electron chi connectivity index (χ3n) is 10.6. The Morgan fingerprint density at radius 1 is 1.06 bits per heavy atom. The molecular weight excluding hydrogens is 440 g/mol. The first-order valence-corrected chi connectivity index (χ1v) is 17.9. The molecule has 0 heterocycles. The molecule has 3 fully saturated rings. The van der Waals surface area contributed by atoms with Crippen molar-refractivity contribution in [1.29, 1.82) is 0 Å². The van der Waals surface area contributed by atoms with E-state index in [0.717, 1.165) is 42.9 Å². The van der Waals surface area contributed by atoms with E-state index in [1.165, 1.54) is 62.5 Å². The molecule has 3 saturated carbocycles. The summed E-state index contributed by atoms with van der Waals surface area (Å²) in [6.45, 7) is 26.2. The van der Waals surface area contributed by atoms with Crippen LogP contribution in [-0.4, -0.2) is 14.4 Å². The maximum atomic E-state index is 6.82. The third-order valence-corrected chi connectivity index (χ3v) is 15.1. The van der Waals surface area contributed by atoms with Crippen molar-refractivity contribution in [3.63, 3.8) is 0 Å². The van der Waals surface area contributed by atoms with E-state index < -0.39 is 8.32 Å². The largest absolute Gasteiger partial charge is 0.414 e. The van der Waals surface area contributed by atoms with Gasteiger partial charge in [0, 0.05) is 6.10 Å². The van der Waals surface area contributed by atoms with E-state index in [4.69, 9.17) is 4.43 Å². The Morgan fingerprint density at radius 2 is 1.77 bits per heavy atom. The summed E-state index contributed by atoms with van der Waals surface area (Å²) in [5.74, 6) is 3.41. The van der Waals surface area contributed by atoms with Gasteiger partial charge in [0.05, 0.1) is 0 Å². The second-order valence-electron chi connectivity index (χ2n) is 14.7. The molecule has 0 radical (unpaired) electrons. The van der Waals surface area contributed by atoms with Crippen LogP contribution in [-0.2, 0) is 4.43 Å². The Labute approximate surface area is 220 Å². The fourth-order valence-corrected chi connectivity index (χ4v) is 8.73. The molecular formula is C33H58OSi. The molecule has 0 aromatic carbocycles. The molecule has 1 nitrogen and oxygen atoms in total. The van der Waals surface area contributed by atoms with Crippen molar-refractivity contribution in [3.05, 3.63) is 35.5 Å². The van der Waals surface area contributed by atoms with Crippen LogP contribution in [0.5, 0.6) is 0 Å². The zero-order valence-corrected chi connectivity index (χ0v) is 25.9. The molecule has 2 heteroatoms. The van der Waals surface area contributed by atoms with Gasteiger partial charge >= 0.3 is 0 Å². The topological polar surface area (TPSA) is 9.23 Å². The van der Waals surface area contributed by atoms with Crippen LogP contribution in [0.25, 0.3) is 0 Å². The summed E-state index contributed by atoms with van der Waals surface area (Å²) < 4.78 is 6.82. The fraction of sp³-hybridized carbons (Fsp3) is 0.818. The summed E-state index contributed by atoms with van der Waals surface area (Å²) in [6, 6.07) is 0. The number of fused-ring (bicyclic) bond motifs is 1. The highest BCUT2D eigenvalue weighted by Crippen LogP contribution is 2.60. The van der Waals surface area contributed by atoms with Crippen LogP contribution < -0.4 is 0 Å². The molecule has 35 heavy (non-hydrogen) atoms. The summed E-state index contributed by atoms with van der Waals surface area (Å²) >= 11 is 0. The molecule has 0 aliphatic heterocycles. The molecule has 0 saturated heterocycles. The van der Waals surface area contributed by atoms with E-state index in [0.29, 0.717) is 11.5 Å². The summed E-state index contributed by atoms with van der Waals surface area (Å²) in [5.41, 5.74) is 5.05. The summed E-state index contributed by atoms with van der Waals surface area (Å²) in [6.07, 6.45) is 19.8. The molecule has 0 bridgehead atoms. The van der Waals surface area contributed by atoms with Gasteiger partial charge < -0.3 is 4.43 Å². The van der Waals surface area contributed by atoms with Gasteiger partial charge in [0.2, 0.25) is 0 Å². The lowest BCUT2D eigenvalue weighted by molar-refractivity contribution is 0.0929. The fourth-order valence-electron chi connectivity index (χ4n) is 7.34. The molecule has 0 unspecified atom stereocenters. The van der Waals surface area contributed by atoms with Crippen molar-refractivity contribution in [2.24, 2.45) is 29.1 Å². The minimum Gasteiger partial charge on any atom is -0.414 e. The molecule has 200 valence electrons. The van der Waals surface area contributed by atoms with Gasteiger partial charge in [-0.1, -0.05) is 97.6 Å². The molecule has 3 aliphatic carbocycles. The van der Waals surface area contributed by atoms with Gasteiger partial charge in [-0.3, -0.25) is 0 Å². The normalized spacial score (nSPS) is 33.5. The van der Waals surface area contributed by atoms with Crippen molar-refractivity contribution in [3.8, 4) is 0 Å². The Kier molecular flexibility index (Phi) is 9.45. The Morgan fingerprint density at radius 3 is 2.43 bits per heavy atom. The number of rotatable bonds is 8. The Hall–Kier alpha value is -0.603. The predicted molar refractivity (Wildman–Crippen MR) is 157 cm³/mol. The van der Waals surface area contributed by atoms with Crippen molar-refractivity contribution >= 4 is 8.32 Å². The highest BCUT2D eigenvalue weighted by atomic mass is 28.4. The van der Waals surface area contributed by atoms with Gasteiger partial charge in [-0.05, 0) is 104 Å². The van der Waals surface area contributed by atoms with Gasteiger partial charge in [-0.2, -0.15) is 0 Å². The van der Waals surface area contributed by atoms with E-state index in [9.17, 15) is 0 Å². The lowest BCUT2D eigenvalue weighted by Gasteiger charge is -2.44. The Balaban J connectivity index is 1.70. The van der Waals surface area contributed by atoms with E-state index in [1.807, 2.05) is 0 Å². The van der Waals surface area contributed by atoms with Gasteiger partial charge in [0.25, 0.3) is 0 Å². The summed E-state index contributed by atoms with van der Waals surface area (Å²) in [4.78, 5) is 0. The highest BCUT2D eigenvalue weighted by molar-refractivity contribution is 6.74. The van der Waals surface area contributed by atoms with Crippen LogP contribution >= 0.6 is 0 Å². The van der Waals surface area contributed by atoms with Crippen LogP contribution in [0, 0.1) is 29.1 Å². The standard InChI is InChI=1S/C33H58OSi/c1-24(2)13-11-14-26(4)30-20-21-31-27(15-12-22-33(30,31)8)17-18-28-23-29(19-16-25(28)3)34-35(9,10)32(5,6)7/h17-18,24,26,29-31H,3,11-16,19-23H2,1-2,4-10H3/b27-17-,28-18+/t26-,29+,30-,31+,33-/m1/s1. The first-order valence-electron chi connectivity index (χ1n) is 15.0. The smallest absolute Gasteiger partial charge is 0.192 e. The first-order chi connectivity index (χ1) is 16.2. The molecule has 3 aliphatic rings. The Bertz CT molecular complexity index is 794. The zero-order chi connectivity index (χ0) is 26.0. The lowest BCUT2D eigenvalue weighted by Crippen LogP contribution is -2.44. The van der Waals surface area contributed by atoms with E-state index >= 15 is 0 Å². The van der Waals surface area contributed by atoms with Crippen LogP contribution in [0.4, 0.5) is 0 Å². The molecule has 3 rings (SSSR count). The third kappa shape index (κ3) is 6.84. The predicted octanol–water partition coefficient (Wildman–Crippen LogP) is 10.6. The van der Waals surface area contributed by atoms with Gasteiger partial charge in [0.1, 0.15) is 0 Å². The van der Waals surface area contributed by atoms with E-state index in [2.05, 4.69) is 80.3 Å². The van der Waals surface area contributed by atoms with Crippen molar-refractivity contribution in [2.45, 2.75) is 143 Å². The molecule has 0 amide bonds. The van der Waals surface area contributed by atoms with Crippen molar-refractivity contribution < 1.29 is 4.43 Å². The monoisotopic (exact) mass is 498 g/mol. The van der Waals surface area contributed by atoms with Crippen LogP contribution in [0.15, 0.2) is 35.5 Å². The first kappa shape index (κ1) is 29.0. The number of allylic oxidation sites excluding steroid dienone is 4. The van der Waals surface area contributed by atoms with Crippen LogP contribution in [0.1, 0.15) is 119 Å². The molecule has 0 aromatic heterocycles. The van der Waals surface area contributed by atoms with Gasteiger partial charge in [-0.25, -0.2) is 0 Å².